The zero-order valence-electron chi connectivity index (χ0n) is 19.7. The molecule has 2 atom stereocenters. The molecule has 0 unspecified atom stereocenters. The van der Waals surface area contributed by atoms with E-state index in [9.17, 15) is 14.4 Å². The highest BCUT2D eigenvalue weighted by Crippen LogP contribution is 2.44. The Morgan fingerprint density at radius 1 is 0.857 bits per heavy atom. The second kappa shape index (κ2) is 10.1. The summed E-state index contributed by atoms with van der Waals surface area (Å²) in [5, 5.41) is 14.9. The zero-order chi connectivity index (χ0) is 24.4. The van der Waals surface area contributed by atoms with Gasteiger partial charge in [-0.1, -0.05) is 55.0 Å². The number of amides is 2. The third kappa shape index (κ3) is 5.19. The second-order valence-corrected chi connectivity index (χ2v) is 10.2. The molecule has 2 amide bonds. The van der Waals surface area contributed by atoms with E-state index in [1.807, 2.05) is 24.3 Å². The van der Waals surface area contributed by atoms with Crippen LogP contribution in [0.4, 0.5) is 4.79 Å². The van der Waals surface area contributed by atoms with Crippen LogP contribution in [0.15, 0.2) is 48.5 Å². The minimum atomic E-state index is -0.783. The highest BCUT2D eigenvalue weighted by molar-refractivity contribution is 5.80. The van der Waals surface area contributed by atoms with Crippen LogP contribution in [0.3, 0.4) is 0 Å². The number of fused-ring (bicyclic) bond motifs is 3. The minimum absolute atomic E-state index is 0.0165. The summed E-state index contributed by atoms with van der Waals surface area (Å²) in [6.07, 6.45) is 4.30. The van der Waals surface area contributed by atoms with Gasteiger partial charge in [0.2, 0.25) is 5.91 Å². The average Bonchev–Trinajstić information content (AvgIpc) is 3.15. The molecule has 0 aliphatic heterocycles. The number of hydrogen-bond donors (Lipinski definition) is 3. The first-order valence-electron chi connectivity index (χ1n) is 12.6. The van der Waals surface area contributed by atoms with Crippen LogP contribution >= 0.6 is 0 Å². The van der Waals surface area contributed by atoms with E-state index in [0.717, 1.165) is 32.1 Å². The molecule has 0 bridgehead atoms. The Hall–Kier alpha value is -3.35. The molecule has 35 heavy (non-hydrogen) atoms. The van der Waals surface area contributed by atoms with Gasteiger partial charge in [0.25, 0.3) is 0 Å². The van der Waals surface area contributed by atoms with Crippen molar-refractivity contribution in [1.82, 2.24) is 10.6 Å². The van der Waals surface area contributed by atoms with E-state index in [1.54, 1.807) is 0 Å². The standard InChI is InChI=1S/C28H32N2O5/c31-26(32)14-17-12-20(13-17)29-27(33)18-6-5-7-19(15-18)30-28(34)35-16-25-23-10-3-1-8-21(23)22-9-2-4-11-24(22)25/h1-4,8-11,17-20,25H,5-7,12-16H2,(H,29,33)(H,30,34)(H,31,32)/t17?,18-,19+,20?/m1/s1. The molecule has 2 fully saturated rings. The van der Waals surface area contributed by atoms with Crippen LogP contribution in [0.5, 0.6) is 0 Å². The minimum Gasteiger partial charge on any atom is -0.481 e. The van der Waals surface area contributed by atoms with Gasteiger partial charge in [-0.2, -0.15) is 0 Å². The van der Waals surface area contributed by atoms with E-state index >= 15 is 0 Å². The first-order valence-corrected chi connectivity index (χ1v) is 12.6. The van der Waals surface area contributed by atoms with E-state index < -0.39 is 12.1 Å². The molecule has 0 spiro atoms. The lowest BCUT2D eigenvalue weighted by atomic mass is 9.77. The SMILES string of the molecule is O=C(O)CC1CC(NC(=O)[C@@H]2CCC[C@H](NC(=O)OCC3c4ccccc4-c4ccccc43)C2)C1. The number of nitrogens with one attached hydrogen (secondary N) is 2. The number of alkyl carbamates (subject to hydrolysis) is 1. The van der Waals surface area contributed by atoms with E-state index in [4.69, 9.17) is 9.84 Å². The van der Waals surface area contributed by atoms with Gasteiger partial charge >= 0.3 is 12.1 Å². The molecular weight excluding hydrogens is 444 g/mol. The average molecular weight is 477 g/mol. The monoisotopic (exact) mass is 476 g/mol. The maximum Gasteiger partial charge on any atom is 0.407 e. The molecule has 3 aliphatic rings. The van der Waals surface area contributed by atoms with Crippen LogP contribution in [-0.2, 0) is 14.3 Å². The predicted octanol–water partition coefficient (Wildman–Crippen LogP) is 4.45. The summed E-state index contributed by atoms with van der Waals surface area (Å²) in [5.41, 5.74) is 4.74. The van der Waals surface area contributed by atoms with Crippen LogP contribution in [0, 0.1) is 11.8 Å². The Morgan fingerprint density at radius 2 is 1.51 bits per heavy atom. The van der Waals surface area contributed by atoms with Gasteiger partial charge in [-0.3, -0.25) is 9.59 Å². The number of rotatable bonds is 7. The topological polar surface area (TPSA) is 105 Å². The van der Waals surface area contributed by atoms with Gasteiger partial charge in [-0.25, -0.2) is 4.79 Å². The molecule has 0 saturated heterocycles. The number of ether oxygens (including phenoxy) is 1. The zero-order valence-corrected chi connectivity index (χ0v) is 19.7. The van der Waals surface area contributed by atoms with Gasteiger partial charge < -0.3 is 20.5 Å². The van der Waals surface area contributed by atoms with Crippen molar-refractivity contribution in [2.24, 2.45) is 11.8 Å². The number of carboxylic acid groups (broad SMARTS) is 1. The molecule has 2 aromatic carbocycles. The summed E-state index contributed by atoms with van der Waals surface area (Å²) in [6.45, 7) is 0.273. The van der Waals surface area contributed by atoms with Gasteiger partial charge in [-0.05, 0) is 60.3 Å². The number of aliphatic carboxylic acids is 1. The fraction of sp³-hybridized carbons (Fsp3) is 0.464. The number of benzene rings is 2. The number of carbonyl (C=O) groups is 3. The Morgan fingerprint density at radius 3 is 2.17 bits per heavy atom. The van der Waals surface area contributed by atoms with E-state index in [0.29, 0.717) is 6.42 Å². The quantitative estimate of drug-likeness (QED) is 0.548. The Bertz CT molecular complexity index is 1060. The van der Waals surface area contributed by atoms with Crippen LogP contribution < -0.4 is 10.6 Å². The normalized spacial score (nSPS) is 25.0. The highest BCUT2D eigenvalue weighted by atomic mass is 16.5. The summed E-state index contributed by atoms with van der Waals surface area (Å²) in [5.74, 6) is -0.726. The molecule has 3 N–H and O–H groups in total. The largest absolute Gasteiger partial charge is 0.481 e. The summed E-state index contributed by atoms with van der Waals surface area (Å²) in [4.78, 5) is 36.2. The van der Waals surface area contributed by atoms with Crippen molar-refractivity contribution in [1.29, 1.82) is 0 Å². The van der Waals surface area contributed by atoms with E-state index in [-0.39, 0.29) is 48.8 Å². The van der Waals surface area contributed by atoms with Gasteiger partial charge in [0, 0.05) is 30.3 Å². The van der Waals surface area contributed by atoms with E-state index in [1.165, 1.54) is 22.3 Å². The predicted molar refractivity (Wildman–Crippen MR) is 131 cm³/mol. The van der Waals surface area contributed by atoms with Crippen LogP contribution in [0.1, 0.15) is 62.0 Å². The molecule has 0 radical (unpaired) electrons. The lowest BCUT2D eigenvalue weighted by Gasteiger charge is -2.37. The molecule has 2 saturated carbocycles. The fourth-order valence-electron chi connectivity index (χ4n) is 5.95. The van der Waals surface area contributed by atoms with Crippen LogP contribution in [0.2, 0.25) is 0 Å². The molecule has 7 nitrogen and oxygen atoms in total. The van der Waals surface area contributed by atoms with Crippen molar-refractivity contribution in [2.75, 3.05) is 6.61 Å². The molecule has 7 heteroatoms. The Labute approximate surface area is 205 Å². The van der Waals surface area contributed by atoms with Crippen molar-refractivity contribution < 1.29 is 24.2 Å². The third-order valence-corrected chi connectivity index (χ3v) is 7.76. The Balaban J connectivity index is 1.10. The number of hydrogen-bond acceptors (Lipinski definition) is 4. The lowest BCUT2D eigenvalue weighted by Crippen LogP contribution is -2.49. The van der Waals surface area contributed by atoms with Crippen molar-refractivity contribution in [2.45, 2.75) is 62.9 Å². The molecule has 2 aromatic rings. The second-order valence-electron chi connectivity index (χ2n) is 10.2. The smallest absolute Gasteiger partial charge is 0.407 e. The van der Waals surface area contributed by atoms with Gasteiger partial charge in [0.1, 0.15) is 6.61 Å². The molecule has 5 rings (SSSR count). The maximum atomic E-state index is 12.7. The van der Waals surface area contributed by atoms with Crippen LogP contribution in [-0.4, -0.2) is 41.8 Å². The molecule has 0 heterocycles. The Kier molecular flexibility index (Phi) is 6.75. The highest BCUT2D eigenvalue weighted by Gasteiger charge is 2.35. The first kappa shape index (κ1) is 23.4. The van der Waals surface area contributed by atoms with Crippen molar-refractivity contribution in [3.05, 3.63) is 59.7 Å². The molecule has 3 aliphatic carbocycles. The number of carbonyl (C=O) groups excluding carboxylic acids is 2. The summed E-state index contributed by atoms with van der Waals surface area (Å²) >= 11 is 0. The van der Waals surface area contributed by atoms with Gasteiger partial charge in [0.15, 0.2) is 0 Å². The maximum absolute atomic E-state index is 12.7. The third-order valence-electron chi connectivity index (χ3n) is 7.76. The van der Waals surface area contributed by atoms with Crippen molar-refractivity contribution in [3.63, 3.8) is 0 Å². The fourth-order valence-corrected chi connectivity index (χ4v) is 5.95. The van der Waals surface area contributed by atoms with Crippen LogP contribution in [0.25, 0.3) is 11.1 Å². The lowest BCUT2D eigenvalue weighted by molar-refractivity contribution is -0.139. The summed E-state index contributed by atoms with van der Waals surface area (Å²) in [7, 11) is 0. The van der Waals surface area contributed by atoms with Gasteiger partial charge in [0.05, 0.1) is 0 Å². The summed E-state index contributed by atoms with van der Waals surface area (Å²) < 4.78 is 5.67. The molecular formula is C28H32N2O5. The number of carboxylic acids is 1. The first-order chi connectivity index (χ1) is 17.0. The molecule has 184 valence electrons. The van der Waals surface area contributed by atoms with Crippen molar-refractivity contribution in [3.8, 4) is 11.1 Å². The van der Waals surface area contributed by atoms with Gasteiger partial charge in [-0.15, -0.1) is 0 Å². The molecule has 0 aromatic heterocycles. The summed E-state index contributed by atoms with van der Waals surface area (Å²) in [6, 6.07) is 16.5. The van der Waals surface area contributed by atoms with Crippen molar-refractivity contribution >= 4 is 18.0 Å². The van der Waals surface area contributed by atoms with E-state index in [2.05, 4.69) is 34.9 Å².